The normalized spacial score (nSPS) is 10.6. The van der Waals surface area contributed by atoms with E-state index in [4.69, 9.17) is 14.2 Å². The summed E-state index contributed by atoms with van der Waals surface area (Å²) in [6.45, 7) is 1.87. The Balaban J connectivity index is 2.23. The number of tetrazole rings is 1. The van der Waals surface area contributed by atoms with Gasteiger partial charge in [0.2, 0.25) is 0 Å². The first-order valence-corrected chi connectivity index (χ1v) is 6.49. The third-order valence-electron chi connectivity index (χ3n) is 2.91. The molecule has 0 fully saturated rings. The van der Waals surface area contributed by atoms with Crippen molar-refractivity contribution in [2.24, 2.45) is 0 Å². The van der Waals surface area contributed by atoms with Crippen molar-refractivity contribution in [1.29, 1.82) is 0 Å². The minimum Gasteiger partial charge on any atom is -0.497 e. The molecule has 1 aromatic heterocycles. The van der Waals surface area contributed by atoms with Crippen molar-refractivity contribution in [3.63, 3.8) is 0 Å². The van der Waals surface area contributed by atoms with Gasteiger partial charge in [-0.05, 0) is 22.6 Å². The van der Waals surface area contributed by atoms with Crippen LogP contribution >= 0.6 is 0 Å². The Hall–Kier alpha value is -2.19. The number of methoxy groups -OCH3 is 3. The molecular formula is C13H19N5O3. The second-order valence-corrected chi connectivity index (χ2v) is 4.21. The third-order valence-corrected chi connectivity index (χ3v) is 2.91. The first kappa shape index (κ1) is 15.2. The predicted molar refractivity (Wildman–Crippen MR) is 75.8 cm³/mol. The van der Waals surface area contributed by atoms with Gasteiger partial charge in [-0.2, -0.15) is 4.68 Å². The molecule has 1 heterocycles. The average molecular weight is 293 g/mol. The van der Waals surface area contributed by atoms with Gasteiger partial charge in [0.15, 0.2) is 5.82 Å². The van der Waals surface area contributed by atoms with Crippen molar-refractivity contribution >= 4 is 0 Å². The van der Waals surface area contributed by atoms with E-state index < -0.39 is 0 Å². The lowest BCUT2D eigenvalue weighted by Crippen LogP contribution is -2.21. The van der Waals surface area contributed by atoms with Gasteiger partial charge in [0, 0.05) is 19.7 Å². The van der Waals surface area contributed by atoms with Crippen LogP contribution in [-0.4, -0.2) is 54.7 Å². The highest BCUT2D eigenvalue weighted by atomic mass is 16.5. The fourth-order valence-electron chi connectivity index (χ4n) is 1.84. The molecule has 0 amide bonds. The number of hydrogen-bond acceptors (Lipinski definition) is 7. The Morgan fingerprint density at radius 3 is 2.76 bits per heavy atom. The molecule has 0 unspecified atom stereocenters. The van der Waals surface area contributed by atoms with E-state index in [1.807, 2.05) is 18.2 Å². The van der Waals surface area contributed by atoms with Crippen LogP contribution in [0.3, 0.4) is 0 Å². The number of hydrogen-bond donors (Lipinski definition) is 1. The third kappa shape index (κ3) is 3.67. The largest absolute Gasteiger partial charge is 0.497 e. The second kappa shape index (κ2) is 7.55. The summed E-state index contributed by atoms with van der Waals surface area (Å²) in [4.78, 5) is 0. The molecule has 0 spiro atoms. The van der Waals surface area contributed by atoms with Crippen LogP contribution in [0.25, 0.3) is 5.69 Å². The van der Waals surface area contributed by atoms with Gasteiger partial charge in [0.05, 0.1) is 27.4 Å². The SMILES string of the molecule is COCCNCc1nnnn1-c1cc(OC)ccc1OC. The van der Waals surface area contributed by atoms with Gasteiger partial charge in [0.1, 0.15) is 17.2 Å². The van der Waals surface area contributed by atoms with E-state index in [0.717, 1.165) is 12.2 Å². The van der Waals surface area contributed by atoms with Crippen LogP contribution < -0.4 is 14.8 Å². The van der Waals surface area contributed by atoms with Crippen LogP contribution in [-0.2, 0) is 11.3 Å². The number of nitrogens with one attached hydrogen (secondary N) is 1. The zero-order valence-electron chi connectivity index (χ0n) is 12.4. The summed E-state index contributed by atoms with van der Waals surface area (Å²) in [5.74, 6) is 2.05. The number of rotatable bonds is 8. The summed E-state index contributed by atoms with van der Waals surface area (Å²) in [7, 11) is 4.87. The van der Waals surface area contributed by atoms with E-state index in [9.17, 15) is 0 Å². The van der Waals surface area contributed by atoms with Gasteiger partial charge < -0.3 is 19.5 Å². The number of benzene rings is 1. The first-order chi connectivity index (χ1) is 10.3. The van der Waals surface area contributed by atoms with E-state index in [-0.39, 0.29) is 0 Å². The van der Waals surface area contributed by atoms with Crippen molar-refractivity contribution in [2.45, 2.75) is 6.54 Å². The minimum atomic E-state index is 0.525. The predicted octanol–water partition coefficient (Wildman–Crippen LogP) is 0.416. The van der Waals surface area contributed by atoms with Crippen molar-refractivity contribution in [3.05, 3.63) is 24.0 Å². The molecule has 0 bridgehead atoms. The van der Waals surface area contributed by atoms with Crippen molar-refractivity contribution in [2.75, 3.05) is 34.5 Å². The molecule has 2 aromatic rings. The summed E-state index contributed by atoms with van der Waals surface area (Å²) in [6.07, 6.45) is 0. The molecule has 114 valence electrons. The average Bonchev–Trinajstić information content (AvgIpc) is 2.99. The summed E-state index contributed by atoms with van der Waals surface area (Å²) in [6, 6.07) is 5.47. The maximum Gasteiger partial charge on any atom is 0.170 e. The lowest BCUT2D eigenvalue weighted by molar-refractivity contribution is 0.199. The molecule has 8 nitrogen and oxygen atoms in total. The van der Waals surface area contributed by atoms with Crippen LogP contribution in [0.1, 0.15) is 5.82 Å². The molecule has 1 aromatic carbocycles. The Morgan fingerprint density at radius 2 is 2.05 bits per heavy atom. The fraction of sp³-hybridized carbons (Fsp3) is 0.462. The molecule has 21 heavy (non-hydrogen) atoms. The van der Waals surface area contributed by atoms with Crippen LogP contribution in [0.5, 0.6) is 11.5 Å². The first-order valence-electron chi connectivity index (χ1n) is 6.49. The molecule has 0 atom stereocenters. The molecule has 8 heteroatoms. The van der Waals surface area contributed by atoms with E-state index in [1.165, 1.54) is 0 Å². The lowest BCUT2D eigenvalue weighted by atomic mass is 10.2. The van der Waals surface area contributed by atoms with Gasteiger partial charge in [-0.3, -0.25) is 0 Å². The number of ether oxygens (including phenoxy) is 3. The molecular weight excluding hydrogens is 274 g/mol. The second-order valence-electron chi connectivity index (χ2n) is 4.21. The highest BCUT2D eigenvalue weighted by Gasteiger charge is 2.13. The summed E-state index contributed by atoms with van der Waals surface area (Å²) < 4.78 is 17.2. The van der Waals surface area contributed by atoms with Gasteiger partial charge in [-0.1, -0.05) is 0 Å². The van der Waals surface area contributed by atoms with E-state index >= 15 is 0 Å². The van der Waals surface area contributed by atoms with Gasteiger partial charge >= 0.3 is 0 Å². The van der Waals surface area contributed by atoms with Crippen molar-refractivity contribution < 1.29 is 14.2 Å². The molecule has 0 saturated carbocycles. The van der Waals surface area contributed by atoms with Crippen LogP contribution in [0.4, 0.5) is 0 Å². The Morgan fingerprint density at radius 1 is 1.19 bits per heavy atom. The monoisotopic (exact) mass is 293 g/mol. The van der Waals surface area contributed by atoms with Gasteiger partial charge in [-0.25, -0.2) is 0 Å². The molecule has 0 saturated heterocycles. The molecule has 1 N–H and O–H groups in total. The highest BCUT2D eigenvalue weighted by Crippen LogP contribution is 2.27. The zero-order valence-corrected chi connectivity index (χ0v) is 12.4. The summed E-state index contributed by atoms with van der Waals surface area (Å²) in [5.41, 5.74) is 0.727. The van der Waals surface area contributed by atoms with Crippen molar-refractivity contribution in [3.8, 4) is 17.2 Å². The highest BCUT2D eigenvalue weighted by molar-refractivity contribution is 5.50. The summed E-state index contributed by atoms with van der Waals surface area (Å²) >= 11 is 0. The fourth-order valence-corrected chi connectivity index (χ4v) is 1.84. The Labute approximate surface area is 123 Å². The Kier molecular flexibility index (Phi) is 5.47. The number of aromatic nitrogens is 4. The van der Waals surface area contributed by atoms with Gasteiger partial charge in [0.25, 0.3) is 0 Å². The maximum atomic E-state index is 5.35. The van der Waals surface area contributed by atoms with Crippen LogP contribution in [0.2, 0.25) is 0 Å². The van der Waals surface area contributed by atoms with E-state index in [1.54, 1.807) is 26.0 Å². The quantitative estimate of drug-likeness (QED) is 0.706. The zero-order chi connectivity index (χ0) is 15.1. The van der Waals surface area contributed by atoms with Crippen LogP contribution in [0, 0.1) is 0 Å². The van der Waals surface area contributed by atoms with Gasteiger partial charge in [-0.15, -0.1) is 5.10 Å². The van der Waals surface area contributed by atoms with E-state index in [0.29, 0.717) is 30.5 Å². The minimum absolute atomic E-state index is 0.525. The lowest BCUT2D eigenvalue weighted by Gasteiger charge is -2.11. The standard InChI is InChI=1S/C13H19N5O3/c1-19-7-6-14-9-13-15-16-17-18(13)11-8-10(20-2)4-5-12(11)21-3/h4-5,8,14H,6-7,9H2,1-3H3. The smallest absolute Gasteiger partial charge is 0.170 e. The summed E-state index contributed by atoms with van der Waals surface area (Å²) in [5, 5.41) is 15.0. The van der Waals surface area contributed by atoms with Crippen molar-refractivity contribution in [1.82, 2.24) is 25.5 Å². The van der Waals surface area contributed by atoms with Crippen LogP contribution in [0.15, 0.2) is 18.2 Å². The topological polar surface area (TPSA) is 83.3 Å². The van der Waals surface area contributed by atoms with E-state index in [2.05, 4.69) is 20.8 Å². The molecule has 2 rings (SSSR count). The molecule has 0 aliphatic carbocycles. The molecule has 0 radical (unpaired) electrons. The Bertz CT molecular complexity index is 573. The molecule has 0 aliphatic rings. The number of nitrogens with zero attached hydrogens (tertiary/aromatic N) is 4. The maximum absolute atomic E-state index is 5.35. The molecule has 0 aliphatic heterocycles.